The van der Waals surface area contributed by atoms with Crippen LogP contribution < -0.4 is 0 Å². The molecule has 0 bridgehead atoms. The third-order valence-corrected chi connectivity index (χ3v) is 2.43. The Morgan fingerprint density at radius 1 is 1.31 bits per heavy atom. The zero-order valence-corrected chi connectivity index (χ0v) is 9.11. The lowest BCUT2D eigenvalue weighted by Gasteiger charge is -2.20. The summed E-state index contributed by atoms with van der Waals surface area (Å²) in [5.74, 6) is -3.43. The summed E-state index contributed by atoms with van der Waals surface area (Å²) in [6, 6.07) is 6.26. The van der Waals surface area contributed by atoms with Gasteiger partial charge in [-0.1, -0.05) is 41.9 Å². The topological polar surface area (TPSA) is 0 Å². The van der Waals surface area contributed by atoms with Crippen molar-refractivity contribution in [2.75, 3.05) is 0 Å². The summed E-state index contributed by atoms with van der Waals surface area (Å²) < 4.78 is 27.6. The maximum atomic E-state index is 13.4. The summed E-state index contributed by atoms with van der Waals surface area (Å²) in [4.78, 5) is 0. The fourth-order valence-electron chi connectivity index (χ4n) is 1.03. The quantitative estimate of drug-likeness (QED) is 0.736. The third kappa shape index (κ3) is 2.27. The van der Waals surface area contributed by atoms with E-state index in [2.05, 4.69) is 15.9 Å². The Bertz CT molecular complexity index is 295. The van der Waals surface area contributed by atoms with Gasteiger partial charge in [0, 0.05) is 16.0 Å². The van der Waals surface area contributed by atoms with Gasteiger partial charge in [0.15, 0.2) is 0 Å². The second kappa shape index (κ2) is 3.74. The van der Waals surface area contributed by atoms with Crippen LogP contribution in [0.25, 0.3) is 0 Å². The summed E-state index contributed by atoms with van der Waals surface area (Å²) >= 11 is 3.17. The Kier molecular flexibility index (Phi) is 3.06. The summed E-state index contributed by atoms with van der Waals surface area (Å²) in [6.45, 7) is 3.03. The van der Waals surface area contributed by atoms with Gasteiger partial charge in [0.2, 0.25) is 0 Å². The van der Waals surface area contributed by atoms with Gasteiger partial charge in [0.25, 0.3) is 5.92 Å². The molecule has 0 aliphatic heterocycles. The van der Waals surface area contributed by atoms with Crippen LogP contribution in [-0.2, 0) is 5.92 Å². The minimum Gasteiger partial charge on any atom is -0.201 e. The highest BCUT2D eigenvalue weighted by Gasteiger charge is 2.35. The van der Waals surface area contributed by atoms with Crippen LogP contribution in [0, 0.1) is 5.92 Å². The normalized spacial score (nSPS) is 12.2. The monoisotopic (exact) mass is 248 g/mol. The van der Waals surface area contributed by atoms with Gasteiger partial charge >= 0.3 is 0 Å². The Labute approximate surface area is 85.1 Å². The average Bonchev–Trinajstić information content (AvgIpc) is 2.04. The van der Waals surface area contributed by atoms with Crippen molar-refractivity contribution in [1.29, 1.82) is 0 Å². The van der Waals surface area contributed by atoms with Gasteiger partial charge in [0.05, 0.1) is 0 Å². The van der Waals surface area contributed by atoms with E-state index in [-0.39, 0.29) is 5.56 Å². The number of benzene rings is 1. The molecular formula is C10H11BrF2. The molecule has 3 heteroatoms. The number of alkyl halides is 2. The van der Waals surface area contributed by atoms with Crippen LogP contribution in [0.4, 0.5) is 8.78 Å². The fourth-order valence-corrected chi connectivity index (χ4v) is 1.43. The standard InChI is InChI=1S/C10H11BrF2/c1-7(2)10(12,13)8-4-3-5-9(11)6-8/h3-7H,1-2H3. The molecule has 0 aromatic heterocycles. The molecule has 72 valence electrons. The van der Waals surface area contributed by atoms with Crippen molar-refractivity contribution in [3.63, 3.8) is 0 Å². The molecule has 0 amide bonds. The lowest BCUT2D eigenvalue weighted by atomic mass is 9.98. The predicted octanol–water partition coefficient (Wildman–Crippen LogP) is 4.20. The summed E-state index contributed by atoms with van der Waals surface area (Å²) in [6.07, 6.45) is 0. The Morgan fingerprint density at radius 2 is 1.92 bits per heavy atom. The number of hydrogen-bond acceptors (Lipinski definition) is 0. The molecule has 0 aliphatic carbocycles. The maximum absolute atomic E-state index is 13.4. The van der Waals surface area contributed by atoms with Crippen LogP contribution in [0.5, 0.6) is 0 Å². The molecule has 1 rings (SSSR count). The second-order valence-electron chi connectivity index (χ2n) is 3.29. The number of rotatable bonds is 2. The number of halogens is 3. The largest absolute Gasteiger partial charge is 0.275 e. The summed E-state index contributed by atoms with van der Waals surface area (Å²) in [5.41, 5.74) is 0.0666. The van der Waals surface area contributed by atoms with Crippen LogP contribution in [-0.4, -0.2) is 0 Å². The molecule has 0 saturated carbocycles. The Morgan fingerprint density at radius 3 is 2.38 bits per heavy atom. The van der Waals surface area contributed by atoms with Crippen molar-refractivity contribution in [2.24, 2.45) is 5.92 Å². The zero-order valence-electron chi connectivity index (χ0n) is 7.52. The molecule has 0 radical (unpaired) electrons. The minimum atomic E-state index is -2.75. The van der Waals surface area contributed by atoms with Crippen molar-refractivity contribution in [3.8, 4) is 0 Å². The van der Waals surface area contributed by atoms with Crippen molar-refractivity contribution in [2.45, 2.75) is 19.8 Å². The molecule has 0 heterocycles. The first kappa shape index (κ1) is 10.6. The maximum Gasteiger partial charge on any atom is 0.275 e. The SMILES string of the molecule is CC(C)C(F)(F)c1cccc(Br)c1. The Balaban J connectivity index is 3.07. The first-order valence-corrected chi connectivity index (χ1v) is 4.87. The molecule has 1 aromatic rings. The molecule has 1 aromatic carbocycles. The van der Waals surface area contributed by atoms with Crippen molar-refractivity contribution >= 4 is 15.9 Å². The van der Waals surface area contributed by atoms with Gasteiger partial charge in [-0.15, -0.1) is 0 Å². The van der Waals surface area contributed by atoms with Gasteiger partial charge in [-0.3, -0.25) is 0 Å². The third-order valence-electron chi connectivity index (χ3n) is 1.93. The van der Waals surface area contributed by atoms with Gasteiger partial charge in [0.1, 0.15) is 0 Å². The molecule has 0 spiro atoms. The van der Waals surface area contributed by atoms with E-state index in [1.54, 1.807) is 12.1 Å². The first-order chi connectivity index (χ1) is 5.94. The molecule has 0 aliphatic rings. The van der Waals surface area contributed by atoms with E-state index >= 15 is 0 Å². The first-order valence-electron chi connectivity index (χ1n) is 4.08. The van der Waals surface area contributed by atoms with Crippen molar-refractivity contribution in [3.05, 3.63) is 34.3 Å². The van der Waals surface area contributed by atoms with Crippen molar-refractivity contribution in [1.82, 2.24) is 0 Å². The molecule has 0 N–H and O–H groups in total. The lowest BCUT2D eigenvalue weighted by Crippen LogP contribution is -2.20. The lowest BCUT2D eigenvalue weighted by molar-refractivity contribution is -0.0514. The van der Waals surface area contributed by atoms with Crippen LogP contribution in [0.1, 0.15) is 19.4 Å². The highest BCUT2D eigenvalue weighted by Crippen LogP contribution is 2.36. The number of hydrogen-bond donors (Lipinski definition) is 0. The molecular weight excluding hydrogens is 238 g/mol. The van der Waals surface area contributed by atoms with Crippen molar-refractivity contribution < 1.29 is 8.78 Å². The average molecular weight is 249 g/mol. The summed E-state index contributed by atoms with van der Waals surface area (Å²) in [7, 11) is 0. The van der Waals surface area contributed by atoms with Crippen LogP contribution in [0.15, 0.2) is 28.7 Å². The highest BCUT2D eigenvalue weighted by molar-refractivity contribution is 9.10. The van der Waals surface area contributed by atoms with Crippen LogP contribution >= 0.6 is 15.9 Å². The van der Waals surface area contributed by atoms with Gasteiger partial charge in [-0.25, -0.2) is 8.78 Å². The molecule has 0 fully saturated rings. The van der Waals surface area contributed by atoms with Crippen LogP contribution in [0.2, 0.25) is 0 Å². The zero-order chi connectivity index (χ0) is 10.1. The van der Waals surface area contributed by atoms with Gasteiger partial charge in [-0.2, -0.15) is 0 Å². The van der Waals surface area contributed by atoms with Crippen LogP contribution in [0.3, 0.4) is 0 Å². The molecule has 0 saturated heterocycles. The second-order valence-corrected chi connectivity index (χ2v) is 4.20. The Hall–Kier alpha value is -0.440. The molecule has 0 unspecified atom stereocenters. The molecule has 13 heavy (non-hydrogen) atoms. The van der Waals surface area contributed by atoms with E-state index in [4.69, 9.17) is 0 Å². The predicted molar refractivity (Wildman–Crippen MR) is 52.9 cm³/mol. The smallest absolute Gasteiger partial charge is 0.201 e. The summed E-state index contributed by atoms with van der Waals surface area (Å²) in [5, 5.41) is 0. The fraction of sp³-hybridized carbons (Fsp3) is 0.400. The molecule has 0 atom stereocenters. The van der Waals surface area contributed by atoms with E-state index in [1.165, 1.54) is 26.0 Å². The van der Waals surface area contributed by atoms with E-state index in [9.17, 15) is 8.78 Å². The molecule has 0 nitrogen and oxygen atoms in total. The highest BCUT2D eigenvalue weighted by atomic mass is 79.9. The van der Waals surface area contributed by atoms with E-state index in [1.807, 2.05) is 0 Å². The minimum absolute atomic E-state index is 0.0666. The van der Waals surface area contributed by atoms with E-state index < -0.39 is 11.8 Å². The van der Waals surface area contributed by atoms with E-state index in [0.29, 0.717) is 4.47 Å². The van der Waals surface area contributed by atoms with Gasteiger partial charge in [-0.05, 0) is 12.1 Å². The van der Waals surface area contributed by atoms with E-state index in [0.717, 1.165) is 0 Å². The van der Waals surface area contributed by atoms with Gasteiger partial charge < -0.3 is 0 Å².